The lowest BCUT2D eigenvalue weighted by atomic mass is 10.0. The Bertz CT molecular complexity index is 1100. The van der Waals surface area contributed by atoms with Gasteiger partial charge in [-0.3, -0.25) is 9.78 Å². The number of nitrogens with one attached hydrogen (secondary N) is 1. The minimum Gasteiger partial charge on any atom is -0.495 e. The smallest absolute Gasteiger partial charge is 0.416 e. The normalized spacial score (nSPS) is 11.5. The molecule has 3 N–H and O–H groups in total. The molecule has 1 amide bonds. The van der Waals surface area contributed by atoms with Gasteiger partial charge in [-0.1, -0.05) is 17.7 Å². The number of pyridine rings is 1. The molecule has 0 aliphatic heterocycles. The van der Waals surface area contributed by atoms with Crippen LogP contribution in [0.4, 0.5) is 18.9 Å². The number of nitrogens with two attached hydrogens (primary N) is 1. The number of amides is 1. The van der Waals surface area contributed by atoms with E-state index in [1.165, 1.54) is 13.2 Å². The Balaban J connectivity index is 2.11. The van der Waals surface area contributed by atoms with Crippen LogP contribution in [0.2, 0.25) is 5.02 Å². The summed E-state index contributed by atoms with van der Waals surface area (Å²) in [6.45, 7) is 1.77. The molecule has 0 saturated carbocycles. The van der Waals surface area contributed by atoms with Crippen LogP contribution in [0.1, 0.15) is 27.2 Å². The van der Waals surface area contributed by atoms with Crippen LogP contribution in [-0.2, 0) is 12.7 Å². The van der Waals surface area contributed by atoms with Crippen molar-refractivity contribution in [3.05, 3.63) is 63.8 Å². The van der Waals surface area contributed by atoms with E-state index >= 15 is 0 Å². The zero-order valence-electron chi connectivity index (χ0n) is 15.5. The number of hydrogen-bond acceptors (Lipinski definition) is 4. The molecule has 0 bridgehead atoms. The fourth-order valence-corrected chi connectivity index (χ4v) is 3.34. The first kappa shape index (κ1) is 20.7. The highest BCUT2D eigenvalue weighted by molar-refractivity contribution is 6.32. The molecule has 0 aliphatic carbocycles. The Morgan fingerprint density at radius 3 is 2.55 bits per heavy atom. The monoisotopic (exact) mass is 423 g/mol. The Morgan fingerprint density at radius 2 is 1.97 bits per heavy atom. The second-order valence-corrected chi connectivity index (χ2v) is 6.77. The second kappa shape index (κ2) is 7.79. The van der Waals surface area contributed by atoms with Gasteiger partial charge in [0.25, 0.3) is 5.91 Å². The second-order valence-electron chi connectivity index (χ2n) is 6.36. The molecule has 1 aromatic heterocycles. The van der Waals surface area contributed by atoms with Crippen molar-refractivity contribution in [1.29, 1.82) is 0 Å². The lowest BCUT2D eigenvalue weighted by Gasteiger charge is -2.17. The third-order valence-corrected chi connectivity index (χ3v) is 4.72. The zero-order valence-corrected chi connectivity index (χ0v) is 16.3. The van der Waals surface area contributed by atoms with Gasteiger partial charge in [-0.05, 0) is 42.8 Å². The Hall–Kier alpha value is -3.00. The number of nitrogens with zero attached hydrogens (tertiary/aromatic N) is 1. The first-order chi connectivity index (χ1) is 13.6. The first-order valence-corrected chi connectivity index (χ1v) is 8.87. The number of ether oxygens (including phenoxy) is 1. The van der Waals surface area contributed by atoms with Crippen molar-refractivity contribution in [2.24, 2.45) is 5.73 Å². The summed E-state index contributed by atoms with van der Waals surface area (Å²) in [5.74, 6) is -0.294. The molecular formula is C20H17ClF3N3O2. The predicted molar refractivity (Wildman–Crippen MR) is 105 cm³/mol. The van der Waals surface area contributed by atoms with Crippen LogP contribution in [0, 0.1) is 6.92 Å². The number of rotatable bonds is 5. The van der Waals surface area contributed by atoms with E-state index in [2.05, 4.69) is 10.3 Å². The maximum atomic E-state index is 13.2. The van der Waals surface area contributed by atoms with Gasteiger partial charge < -0.3 is 15.8 Å². The van der Waals surface area contributed by atoms with Gasteiger partial charge in [-0.15, -0.1) is 0 Å². The first-order valence-electron chi connectivity index (χ1n) is 8.49. The Kier molecular flexibility index (Phi) is 5.57. The zero-order chi connectivity index (χ0) is 21.3. The molecule has 3 aromatic rings. The number of carbonyl (C=O) groups excluding carboxylic acids is 1. The van der Waals surface area contributed by atoms with Crippen molar-refractivity contribution in [3.63, 3.8) is 0 Å². The van der Waals surface area contributed by atoms with Crippen molar-refractivity contribution in [2.75, 3.05) is 12.4 Å². The van der Waals surface area contributed by atoms with Crippen LogP contribution in [-0.4, -0.2) is 18.0 Å². The minimum atomic E-state index is -4.53. The summed E-state index contributed by atoms with van der Waals surface area (Å²) in [4.78, 5) is 16.2. The van der Waals surface area contributed by atoms with Gasteiger partial charge in [-0.25, -0.2) is 0 Å². The van der Waals surface area contributed by atoms with Crippen molar-refractivity contribution < 1.29 is 22.7 Å². The summed E-state index contributed by atoms with van der Waals surface area (Å²) in [6, 6.07) is 8.26. The van der Waals surface area contributed by atoms with Crippen LogP contribution in [0.3, 0.4) is 0 Å². The highest BCUT2D eigenvalue weighted by Crippen LogP contribution is 2.35. The predicted octanol–water partition coefficient (Wildman–Crippen LogP) is 4.94. The molecule has 9 heteroatoms. The number of alkyl halides is 3. The number of primary amides is 1. The van der Waals surface area contributed by atoms with Gasteiger partial charge in [0.15, 0.2) is 0 Å². The number of benzene rings is 2. The molecule has 152 valence electrons. The van der Waals surface area contributed by atoms with Gasteiger partial charge in [-0.2, -0.15) is 13.2 Å². The van der Waals surface area contributed by atoms with Crippen LogP contribution < -0.4 is 15.8 Å². The lowest BCUT2D eigenvalue weighted by molar-refractivity contribution is -0.137. The highest BCUT2D eigenvalue weighted by atomic mass is 35.5. The SMILES string of the molecule is COc1ccc(CNc2c(C(N)=O)c(C)nc3ccc(C(F)(F)F)cc23)cc1Cl. The summed E-state index contributed by atoms with van der Waals surface area (Å²) in [6.07, 6.45) is -4.53. The van der Waals surface area contributed by atoms with E-state index in [0.29, 0.717) is 22.0 Å². The van der Waals surface area contributed by atoms with Crippen molar-refractivity contribution >= 4 is 34.1 Å². The molecule has 1 heterocycles. The van der Waals surface area contributed by atoms with E-state index < -0.39 is 17.6 Å². The summed E-state index contributed by atoms with van der Waals surface area (Å²) in [5, 5.41) is 3.57. The molecule has 0 radical (unpaired) electrons. The highest BCUT2D eigenvalue weighted by Gasteiger charge is 2.31. The van der Waals surface area contributed by atoms with Gasteiger partial charge in [0.05, 0.1) is 40.2 Å². The van der Waals surface area contributed by atoms with E-state index in [-0.39, 0.29) is 23.2 Å². The fraction of sp³-hybridized carbons (Fsp3) is 0.200. The standard InChI is InChI=1S/C20H17ClF3N3O2/c1-10-17(19(25)28)18(26-9-11-3-6-16(29-2)14(21)7-11)13-8-12(20(22,23)24)4-5-15(13)27-10/h3-8H,9H2,1-2H3,(H2,25,28)(H,26,27). The molecule has 29 heavy (non-hydrogen) atoms. The van der Waals surface area contributed by atoms with Crippen molar-refractivity contribution in [3.8, 4) is 5.75 Å². The summed E-state index contributed by atoms with van der Waals surface area (Å²) < 4.78 is 44.7. The molecule has 3 rings (SSSR count). The third-order valence-electron chi connectivity index (χ3n) is 4.43. The van der Waals surface area contributed by atoms with E-state index in [0.717, 1.165) is 17.7 Å². The molecule has 0 spiro atoms. The number of aromatic nitrogens is 1. The van der Waals surface area contributed by atoms with Crippen LogP contribution in [0.15, 0.2) is 36.4 Å². The van der Waals surface area contributed by atoms with E-state index in [1.807, 2.05) is 0 Å². The topological polar surface area (TPSA) is 77.2 Å². The van der Waals surface area contributed by atoms with E-state index in [9.17, 15) is 18.0 Å². The van der Waals surface area contributed by atoms with Crippen LogP contribution >= 0.6 is 11.6 Å². The summed E-state index contributed by atoms with van der Waals surface area (Å²) >= 11 is 6.12. The van der Waals surface area contributed by atoms with Crippen LogP contribution in [0.5, 0.6) is 5.75 Å². The number of carbonyl (C=O) groups is 1. The molecular weight excluding hydrogens is 407 g/mol. The number of fused-ring (bicyclic) bond motifs is 1. The summed E-state index contributed by atoms with van der Waals surface area (Å²) in [5.41, 5.74) is 6.24. The molecule has 0 saturated heterocycles. The molecule has 5 nitrogen and oxygen atoms in total. The third kappa shape index (κ3) is 4.22. The quantitative estimate of drug-likeness (QED) is 0.609. The number of hydrogen-bond donors (Lipinski definition) is 2. The molecule has 2 aromatic carbocycles. The number of aryl methyl sites for hydroxylation is 1. The Labute approximate surface area is 169 Å². The minimum absolute atomic E-state index is 0.0384. The molecule has 0 unspecified atom stereocenters. The van der Waals surface area contributed by atoms with Crippen molar-refractivity contribution in [1.82, 2.24) is 4.98 Å². The summed E-state index contributed by atoms with van der Waals surface area (Å²) in [7, 11) is 1.49. The maximum absolute atomic E-state index is 13.2. The fourth-order valence-electron chi connectivity index (χ4n) is 3.06. The lowest BCUT2D eigenvalue weighted by Crippen LogP contribution is -2.18. The van der Waals surface area contributed by atoms with Crippen LogP contribution in [0.25, 0.3) is 10.9 Å². The van der Waals surface area contributed by atoms with E-state index in [4.69, 9.17) is 22.1 Å². The number of halogens is 4. The maximum Gasteiger partial charge on any atom is 0.416 e. The molecule has 0 atom stereocenters. The molecule has 0 fully saturated rings. The number of methoxy groups -OCH3 is 1. The van der Waals surface area contributed by atoms with E-state index in [1.54, 1.807) is 25.1 Å². The van der Waals surface area contributed by atoms with Gasteiger partial charge in [0.2, 0.25) is 0 Å². The average Bonchev–Trinajstić information content (AvgIpc) is 2.64. The molecule has 0 aliphatic rings. The van der Waals surface area contributed by atoms with Gasteiger partial charge >= 0.3 is 6.18 Å². The largest absolute Gasteiger partial charge is 0.495 e. The Morgan fingerprint density at radius 1 is 1.24 bits per heavy atom. The van der Waals surface area contributed by atoms with Crippen molar-refractivity contribution in [2.45, 2.75) is 19.6 Å². The average molecular weight is 424 g/mol. The van der Waals surface area contributed by atoms with Gasteiger partial charge in [0.1, 0.15) is 5.75 Å². The number of anilines is 1. The van der Waals surface area contributed by atoms with Gasteiger partial charge in [0, 0.05) is 11.9 Å².